The first-order chi connectivity index (χ1) is 12.2. The maximum atomic E-state index is 12.7. The van der Waals surface area contributed by atoms with Crippen molar-refractivity contribution in [3.63, 3.8) is 0 Å². The van der Waals surface area contributed by atoms with Gasteiger partial charge >= 0.3 is 12.0 Å². The quantitative estimate of drug-likeness (QED) is 0.723. The first-order valence-corrected chi connectivity index (χ1v) is 10.7. The highest BCUT2D eigenvalue weighted by molar-refractivity contribution is 9.10. The minimum atomic E-state index is -3.17. The van der Waals surface area contributed by atoms with Gasteiger partial charge in [0.25, 0.3) is 0 Å². The normalized spacial score (nSPS) is 25.2. The number of ether oxygens (including phenoxy) is 1. The Morgan fingerprint density at radius 2 is 1.96 bits per heavy atom. The summed E-state index contributed by atoms with van der Waals surface area (Å²) < 4.78 is 29.4. The lowest BCUT2D eigenvalue weighted by Gasteiger charge is -2.38. The van der Waals surface area contributed by atoms with E-state index >= 15 is 0 Å². The molecular formula is C17H19BrN2O5S. The van der Waals surface area contributed by atoms with Crippen LogP contribution in [0.25, 0.3) is 0 Å². The number of benzene rings is 1. The van der Waals surface area contributed by atoms with E-state index in [0.717, 1.165) is 10.0 Å². The number of halogens is 1. The number of sulfone groups is 1. The molecule has 0 bridgehead atoms. The Balaban J connectivity index is 2.05. The van der Waals surface area contributed by atoms with Crippen LogP contribution in [0.1, 0.15) is 24.9 Å². The van der Waals surface area contributed by atoms with Gasteiger partial charge in [0.15, 0.2) is 9.84 Å². The van der Waals surface area contributed by atoms with E-state index < -0.39 is 33.9 Å². The molecule has 2 atom stereocenters. The average Bonchev–Trinajstić information content (AvgIpc) is 2.94. The smallest absolute Gasteiger partial charge is 0.337 e. The Kier molecular flexibility index (Phi) is 5.12. The number of allylic oxidation sites excluding steroid dienone is 1. The second-order valence-corrected chi connectivity index (χ2v) is 9.50. The van der Waals surface area contributed by atoms with E-state index in [1.165, 1.54) is 12.0 Å². The SMILES string of the molecule is COC(=O)C1=C(C)N([C@@H]2CCS(=O)(=O)C2)C(=O)N[C@@H]1c1ccc(Br)cc1. The monoisotopic (exact) mass is 442 g/mol. The maximum absolute atomic E-state index is 12.7. The topological polar surface area (TPSA) is 92.8 Å². The molecule has 3 rings (SSSR count). The van der Waals surface area contributed by atoms with Gasteiger partial charge in [-0.25, -0.2) is 18.0 Å². The number of amides is 2. The summed E-state index contributed by atoms with van der Waals surface area (Å²) in [5.74, 6) is -0.616. The van der Waals surface area contributed by atoms with E-state index in [-0.39, 0.29) is 11.5 Å². The van der Waals surface area contributed by atoms with Crippen molar-refractivity contribution in [3.05, 3.63) is 45.6 Å². The fourth-order valence-electron chi connectivity index (χ4n) is 3.46. The van der Waals surface area contributed by atoms with Crippen LogP contribution in [0.4, 0.5) is 4.79 Å². The molecule has 0 unspecified atom stereocenters. The molecule has 1 aromatic rings. The van der Waals surface area contributed by atoms with Gasteiger partial charge in [-0.15, -0.1) is 0 Å². The molecular weight excluding hydrogens is 424 g/mol. The van der Waals surface area contributed by atoms with Gasteiger partial charge in [0.05, 0.1) is 36.3 Å². The molecule has 1 fully saturated rings. The van der Waals surface area contributed by atoms with Crippen molar-refractivity contribution in [1.29, 1.82) is 0 Å². The molecule has 2 aliphatic rings. The van der Waals surface area contributed by atoms with Crippen LogP contribution in [0.5, 0.6) is 0 Å². The Bertz CT molecular complexity index is 879. The Labute approximate surface area is 160 Å². The van der Waals surface area contributed by atoms with E-state index in [0.29, 0.717) is 17.7 Å². The largest absolute Gasteiger partial charge is 0.466 e. The fraction of sp³-hybridized carbons (Fsp3) is 0.412. The van der Waals surface area contributed by atoms with Crippen molar-refractivity contribution in [1.82, 2.24) is 10.2 Å². The van der Waals surface area contributed by atoms with Crippen LogP contribution < -0.4 is 5.32 Å². The Hall–Kier alpha value is -1.87. The fourth-order valence-corrected chi connectivity index (χ4v) is 5.42. The third kappa shape index (κ3) is 3.50. The summed E-state index contributed by atoms with van der Waals surface area (Å²) in [6.45, 7) is 1.65. The van der Waals surface area contributed by atoms with Crippen molar-refractivity contribution < 1.29 is 22.7 Å². The number of methoxy groups -OCH3 is 1. The summed E-state index contributed by atoms with van der Waals surface area (Å²) in [6, 6.07) is 5.71. The minimum Gasteiger partial charge on any atom is -0.466 e. The number of hydrogen-bond acceptors (Lipinski definition) is 5. The van der Waals surface area contributed by atoms with Crippen LogP contribution in [0.3, 0.4) is 0 Å². The lowest BCUT2D eigenvalue weighted by Crippen LogP contribution is -2.52. The number of nitrogens with zero attached hydrogens (tertiary/aromatic N) is 1. The molecule has 2 heterocycles. The highest BCUT2D eigenvalue weighted by atomic mass is 79.9. The maximum Gasteiger partial charge on any atom is 0.337 e. The van der Waals surface area contributed by atoms with Crippen LogP contribution in [0.2, 0.25) is 0 Å². The zero-order valence-corrected chi connectivity index (χ0v) is 16.8. The van der Waals surface area contributed by atoms with Gasteiger partial charge in [-0.05, 0) is 31.0 Å². The van der Waals surface area contributed by atoms with E-state index in [2.05, 4.69) is 21.2 Å². The molecule has 0 aromatic heterocycles. The van der Waals surface area contributed by atoms with Crippen LogP contribution in [-0.4, -0.2) is 50.0 Å². The summed E-state index contributed by atoms with van der Waals surface area (Å²) >= 11 is 3.36. The summed E-state index contributed by atoms with van der Waals surface area (Å²) in [5, 5.41) is 2.82. The molecule has 2 aliphatic heterocycles. The minimum absolute atomic E-state index is 0.0401. The van der Waals surface area contributed by atoms with Gasteiger partial charge in [0.2, 0.25) is 0 Å². The molecule has 1 saturated heterocycles. The van der Waals surface area contributed by atoms with Gasteiger partial charge in [0, 0.05) is 10.2 Å². The zero-order valence-electron chi connectivity index (χ0n) is 14.4. The molecule has 140 valence electrons. The molecule has 26 heavy (non-hydrogen) atoms. The van der Waals surface area contributed by atoms with E-state index in [9.17, 15) is 18.0 Å². The number of nitrogens with one attached hydrogen (secondary N) is 1. The molecule has 2 amide bonds. The van der Waals surface area contributed by atoms with Crippen molar-refractivity contribution in [2.45, 2.75) is 25.4 Å². The predicted octanol–water partition coefficient (Wildman–Crippen LogP) is 2.15. The number of hydrogen-bond donors (Lipinski definition) is 1. The number of urea groups is 1. The van der Waals surface area contributed by atoms with Crippen LogP contribution in [0, 0.1) is 0 Å². The molecule has 0 saturated carbocycles. The lowest BCUT2D eigenvalue weighted by molar-refractivity contribution is -0.136. The summed E-state index contributed by atoms with van der Waals surface area (Å²) in [7, 11) is -1.89. The Morgan fingerprint density at radius 3 is 2.50 bits per heavy atom. The molecule has 0 spiro atoms. The third-order valence-corrected chi connectivity index (χ3v) is 6.99. The third-order valence-electron chi connectivity index (χ3n) is 4.71. The van der Waals surface area contributed by atoms with Crippen molar-refractivity contribution in [2.24, 2.45) is 0 Å². The molecule has 7 nitrogen and oxygen atoms in total. The molecule has 1 aromatic carbocycles. The zero-order chi connectivity index (χ0) is 19.1. The molecule has 1 N–H and O–H groups in total. The van der Waals surface area contributed by atoms with Gasteiger partial charge in [-0.3, -0.25) is 4.90 Å². The predicted molar refractivity (Wildman–Crippen MR) is 99.0 cm³/mol. The van der Waals surface area contributed by atoms with Gasteiger partial charge in [-0.1, -0.05) is 28.1 Å². The number of esters is 1. The summed E-state index contributed by atoms with van der Waals surface area (Å²) in [4.78, 5) is 26.6. The van der Waals surface area contributed by atoms with Gasteiger partial charge < -0.3 is 10.1 Å². The van der Waals surface area contributed by atoms with Crippen molar-refractivity contribution in [3.8, 4) is 0 Å². The van der Waals surface area contributed by atoms with Crippen molar-refractivity contribution >= 4 is 37.8 Å². The average molecular weight is 443 g/mol. The van der Waals surface area contributed by atoms with Crippen LogP contribution in [0.15, 0.2) is 40.0 Å². The number of carbonyl (C=O) groups excluding carboxylic acids is 2. The van der Waals surface area contributed by atoms with E-state index in [1.54, 1.807) is 19.1 Å². The summed E-state index contributed by atoms with van der Waals surface area (Å²) in [6.07, 6.45) is 0.352. The van der Waals surface area contributed by atoms with Gasteiger partial charge in [0.1, 0.15) is 0 Å². The first-order valence-electron chi connectivity index (χ1n) is 8.08. The van der Waals surface area contributed by atoms with Gasteiger partial charge in [-0.2, -0.15) is 0 Å². The second-order valence-electron chi connectivity index (χ2n) is 6.35. The first kappa shape index (κ1) is 18.9. The highest BCUT2D eigenvalue weighted by Gasteiger charge is 2.42. The number of carbonyl (C=O) groups is 2. The standard InChI is InChI=1S/C17H19BrN2O5S/c1-10-14(16(21)25-2)15(11-3-5-12(18)6-4-11)19-17(22)20(10)13-7-8-26(23,24)9-13/h3-6,13,15H,7-9H2,1-2H3,(H,19,22)/t13-,15-/m1/s1. The number of rotatable bonds is 3. The highest BCUT2D eigenvalue weighted by Crippen LogP contribution is 2.34. The summed E-state index contributed by atoms with van der Waals surface area (Å²) in [5.41, 5.74) is 1.47. The van der Waals surface area contributed by atoms with E-state index in [1.807, 2.05) is 12.1 Å². The van der Waals surface area contributed by atoms with Crippen molar-refractivity contribution in [2.75, 3.05) is 18.6 Å². The second kappa shape index (κ2) is 7.03. The Morgan fingerprint density at radius 1 is 1.31 bits per heavy atom. The van der Waals surface area contributed by atoms with Crippen LogP contribution in [-0.2, 0) is 19.4 Å². The molecule has 0 aliphatic carbocycles. The molecule has 9 heteroatoms. The van der Waals surface area contributed by atoms with Crippen LogP contribution >= 0.6 is 15.9 Å². The van der Waals surface area contributed by atoms with E-state index in [4.69, 9.17) is 4.74 Å². The molecule has 0 radical (unpaired) electrons. The lowest BCUT2D eigenvalue weighted by atomic mass is 9.94.